The Balaban J connectivity index is 1.82. The van der Waals surface area contributed by atoms with Crippen molar-refractivity contribution in [2.45, 2.75) is 13.0 Å². The van der Waals surface area contributed by atoms with Gasteiger partial charge in [-0.25, -0.2) is 19.2 Å². The van der Waals surface area contributed by atoms with Crippen molar-refractivity contribution in [2.75, 3.05) is 19.3 Å². The highest BCUT2D eigenvalue weighted by Gasteiger charge is 2.23. The topological polar surface area (TPSA) is 183 Å². The number of methoxy groups -OCH3 is 1. The second-order valence-electron chi connectivity index (χ2n) is 7.74. The minimum Gasteiger partial charge on any atom is -0.493 e. The summed E-state index contributed by atoms with van der Waals surface area (Å²) in [5, 5.41) is 15.4. The molecule has 0 fully saturated rings. The number of aromatic amines is 1. The van der Waals surface area contributed by atoms with Gasteiger partial charge in [0.15, 0.2) is 17.3 Å². The van der Waals surface area contributed by atoms with E-state index in [0.29, 0.717) is 11.3 Å². The molecule has 2 aromatic heterocycles. The standard InChI is InChI=1S/C24H23FN8O5/c1-13(34)38-18-11-15(5-6-16(18)21(26)27)30-20(14-4-7-17(37-12-25)19(10-14)36-2)22-31-24(35)33(32-22)23-28-8-3-9-29-23/h3-11,20,30H,12H2,1-2H3,(H3,26,27)(H,31,32,35)/t20-/m0/s1. The number of H-pyrrole nitrogens is 1. The van der Waals surface area contributed by atoms with E-state index in [2.05, 4.69) is 25.4 Å². The van der Waals surface area contributed by atoms with Crippen molar-refractivity contribution < 1.29 is 23.4 Å². The number of nitrogens with two attached hydrogens (primary N) is 1. The SMILES string of the molecule is COc1cc([C@H](Nc2ccc(C(=N)N)c(OC(C)=O)c2)c2nn(-c3ncccn3)c(=O)[nH]2)ccc1OCF. The molecule has 4 rings (SSSR count). The molecule has 2 aromatic carbocycles. The lowest BCUT2D eigenvalue weighted by Gasteiger charge is -2.20. The van der Waals surface area contributed by atoms with Crippen molar-refractivity contribution >= 4 is 17.5 Å². The molecule has 38 heavy (non-hydrogen) atoms. The number of halogens is 1. The highest BCUT2D eigenvalue weighted by atomic mass is 19.1. The van der Waals surface area contributed by atoms with Crippen LogP contribution in [0.15, 0.2) is 59.7 Å². The number of aromatic nitrogens is 5. The van der Waals surface area contributed by atoms with Crippen molar-refractivity contribution in [3.63, 3.8) is 0 Å². The van der Waals surface area contributed by atoms with Crippen LogP contribution < -0.4 is 31.0 Å². The average Bonchev–Trinajstić information content (AvgIpc) is 3.29. The second kappa shape index (κ2) is 11.2. The minimum absolute atomic E-state index is 0.0611. The number of nitrogen functional groups attached to an aromatic ring is 1. The van der Waals surface area contributed by atoms with Gasteiger partial charge in [-0.3, -0.25) is 15.2 Å². The predicted molar refractivity (Wildman–Crippen MR) is 134 cm³/mol. The van der Waals surface area contributed by atoms with E-state index < -0.39 is 24.6 Å². The van der Waals surface area contributed by atoms with Crippen molar-refractivity contribution in [3.05, 3.63) is 82.3 Å². The van der Waals surface area contributed by atoms with Crippen LogP contribution in [-0.2, 0) is 4.79 Å². The third-order valence-electron chi connectivity index (χ3n) is 5.22. The molecule has 0 unspecified atom stereocenters. The number of amidine groups is 1. The van der Waals surface area contributed by atoms with E-state index in [1.807, 2.05) is 0 Å². The Kier molecular flexibility index (Phi) is 7.61. The summed E-state index contributed by atoms with van der Waals surface area (Å²) in [5.41, 5.74) is 6.24. The third kappa shape index (κ3) is 5.59. The lowest BCUT2D eigenvalue weighted by Crippen LogP contribution is -2.18. The number of alkyl halides is 1. The van der Waals surface area contributed by atoms with E-state index in [-0.39, 0.29) is 40.4 Å². The quantitative estimate of drug-likeness (QED) is 0.104. The molecule has 1 atom stereocenters. The Morgan fingerprint density at radius 1 is 1.18 bits per heavy atom. The normalized spacial score (nSPS) is 11.4. The van der Waals surface area contributed by atoms with Gasteiger partial charge in [-0.2, -0.15) is 0 Å². The third-order valence-corrected chi connectivity index (χ3v) is 5.22. The Labute approximate surface area is 214 Å². The summed E-state index contributed by atoms with van der Waals surface area (Å²) in [6.07, 6.45) is 2.95. The van der Waals surface area contributed by atoms with E-state index in [1.165, 1.54) is 44.6 Å². The van der Waals surface area contributed by atoms with Gasteiger partial charge in [-0.15, -0.1) is 9.78 Å². The fourth-order valence-corrected chi connectivity index (χ4v) is 3.60. The molecule has 0 aliphatic carbocycles. The van der Waals surface area contributed by atoms with Crippen LogP contribution >= 0.6 is 0 Å². The van der Waals surface area contributed by atoms with Crippen molar-refractivity contribution in [1.29, 1.82) is 5.41 Å². The number of nitrogens with zero attached hydrogens (tertiary/aromatic N) is 4. The number of hydrogen-bond donors (Lipinski definition) is 4. The van der Waals surface area contributed by atoms with Crippen LogP contribution in [0.5, 0.6) is 17.2 Å². The average molecular weight is 522 g/mol. The van der Waals surface area contributed by atoms with Crippen molar-refractivity contribution in [3.8, 4) is 23.2 Å². The Hall–Kier alpha value is -5.27. The van der Waals surface area contributed by atoms with Crippen LogP contribution in [0.3, 0.4) is 0 Å². The molecule has 196 valence electrons. The van der Waals surface area contributed by atoms with Gasteiger partial charge in [0.1, 0.15) is 17.6 Å². The Bertz CT molecular complexity index is 1520. The lowest BCUT2D eigenvalue weighted by molar-refractivity contribution is -0.131. The minimum atomic E-state index is -1.05. The van der Waals surface area contributed by atoms with Gasteiger partial charge in [0, 0.05) is 31.1 Å². The molecule has 0 saturated carbocycles. The van der Waals surface area contributed by atoms with Gasteiger partial charge in [-0.05, 0) is 35.9 Å². The van der Waals surface area contributed by atoms with Crippen molar-refractivity contribution in [1.82, 2.24) is 24.7 Å². The highest BCUT2D eigenvalue weighted by molar-refractivity contribution is 5.98. The molecule has 0 aliphatic rings. The molecule has 0 spiro atoms. The number of rotatable bonds is 10. The number of esters is 1. The summed E-state index contributed by atoms with van der Waals surface area (Å²) < 4.78 is 29.4. The molecule has 0 radical (unpaired) electrons. The number of hydrogen-bond acceptors (Lipinski definition) is 10. The number of benzene rings is 2. The van der Waals surface area contributed by atoms with Gasteiger partial charge in [0.05, 0.1) is 12.7 Å². The van der Waals surface area contributed by atoms with E-state index >= 15 is 0 Å². The van der Waals surface area contributed by atoms with Gasteiger partial charge in [0.2, 0.25) is 6.86 Å². The molecule has 5 N–H and O–H groups in total. The molecule has 14 heteroatoms. The fourth-order valence-electron chi connectivity index (χ4n) is 3.60. The molecule has 2 heterocycles. The van der Waals surface area contributed by atoms with E-state index in [9.17, 15) is 14.0 Å². The van der Waals surface area contributed by atoms with Crippen molar-refractivity contribution in [2.24, 2.45) is 5.73 Å². The van der Waals surface area contributed by atoms with Crippen LogP contribution in [0.2, 0.25) is 0 Å². The first-order chi connectivity index (χ1) is 18.3. The maximum absolute atomic E-state index is 12.8. The lowest BCUT2D eigenvalue weighted by atomic mass is 10.0. The first-order valence-corrected chi connectivity index (χ1v) is 11.1. The van der Waals surface area contributed by atoms with Crippen LogP contribution in [0, 0.1) is 5.41 Å². The smallest absolute Gasteiger partial charge is 0.350 e. The second-order valence-corrected chi connectivity index (χ2v) is 7.74. The summed E-state index contributed by atoms with van der Waals surface area (Å²) in [6, 6.07) is 10.1. The number of ether oxygens (including phenoxy) is 3. The summed E-state index contributed by atoms with van der Waals surface area (Å²) in [5.74, 6) is -0.164. The van der Waals surface area contributed by atoms with Crippen LogP contribution in [-0.4, -0.2) is 50.5 Å². The van der Waals surface area contributed by atoms with Gasteiger partial charge in [-0.1, -0.05) is 6.07 Å². The van der Waals surface area contributed by atoms with E-state index in [0.717, 1.165) is 4.68 Å². The largest absolute Gasteiger partial charge is 0.493 e. The molecule has 0 amide bonds. The van der Waals surface area contributed by atoms with Crippen LogP contribution in [0.4, 0.5) is 10.1 Å². The Morgan fingerprint density at radius 2 is 1.95 bits per heavy atom. The fraction of sp³-hybridized carbons (Fsp3) is 0.167. The zero-order valence-corrected chi connectivity index (χ0v) is 20.3. The van der Waals surface area contributed by atoms with Gasteiger partial charge < -0.3 is 25.3 Å². The molecular formula is C24H23FN8O5. The molecular weight excluding hydrogens is 499 g/mol. The number of nitrogens with one attached hydrogen (secondary N) is 3. The maximum Gasteiger partial charge on any atom is 0.350 e. The monoisotopic (exact) mass is 522 g/mol. The maximum atomic E-state index is 12.8. The van der Waals surface area contributed by atoms with Crippen LogP contribution in [0.1, 0.15) is 29.9 Å². The predicted octanol–water partition coefficient (Wildman–Crippen LogP) is 2.08. The number of carbonyl (C=O) groups excluding carboxylic acids is 1. The first kappa shape index (κ1) is 25.8. The molecule has 4 aromatic rings. The van der Waals surface area contributed by atoms with E-state index in [4.69, 9.17) is 25.4 Å². The summed E-state index contributed by atoms with van der Waals surface area (Å²) in [7, 11) is 1.40. The highest BCUT2D eigenvalue weighted by Crippen LogP contribution is 2.34. The molecule has 0 bridgehead atoms. The summed E-state index contributed by atoms with van der Waals surface area (Å²) in [6.45, 7) is 0.177. The zero-order valence-electron chi connectivity index (χ0n) is 20.3. The number of carbonyl (C=O) groups is 1. The molecule has 0 aliphatic heterocycles. The van der Waals surface area contributed by atoms with Gasteiger partial charge >= 0.3 is 11.7 Å². The van der Waals surface area contributed by atoms with Gasteiger partial charge in [0.25, 0.3) is 5.95 Å². The van der Waals surface area contributed by atoms with Crippen LogP contribution in [0.25, 0.3) is 5.95 Å². The zero-order chi connectivity index (χ0) is 27.2. The first-order valence-electron chi connectivity index (χ1n) is 11.1. The molecule has 0 saturated heterocycles. The summed E-state index contributed by atoms with van der Waals surface area (Å²) in [4.78, 5) is 35.2. The van der Waals surface area contributed by atoms with E-state index in [1.54, 1.807) is 24.3 Å². The summed E-state index contributed by atoms with van der Waals surface area (Å²) >= 11 is 0. The molecule has 13 nitrogen and oxygen atoms in total. The number of anilines is 1. The Morgan fingerprint density at radius 3 is 2.61 bits per heavy atom.